The molecule has 0 aliphatic heterocycles. The van der Waals surface area contributed by atoms with Gasteiger partial charge in [-0.25, -0.2) is 5.43 Å². The highest BCUT2D eigenvalue weighted by Gasteiger charge is 2.08. The molecule has 0 atom stereocenters. The summed E-state index contributed by atoms with van der Waals surface area (Å²) in [6.45, 7) is 0. The van der Waals surface area contributed by atoms with Crippen LogP contribution in [0.25, 0.3) is 12.2 Å². The van der Waals surface area contributed by atoms with E-state index in [1.54, 1.807) is 54.6 Å². The normalized spacial score (nSPS) is 11.1. The number of aromatic nitrogens is 1. The number of nitrogens with zero attached hydrogens (tertiary/aromatic N) is 2. The van der Waals surface area contributed by atoms with Gasteiger partial charge in [0.1, 0.15) is 22.9 Å². The third-order valence-electron chi connectivity index (χ3n) is 3.78. The Hall–Kier alpha value is -4.13. The van der Waals surface area contributed by atoms with Crippen LogP contribution in [0.2, 0.25) is 0 Å². The molecule has 0 unspecified atom stereocenters. The summed E-state index contributed by atoms with van der Waals surface area (Å²) in [4.78, 5) is 15.9. The van der Waals surface area contributed by atoms with Crippen molar-refractivity contribution in [3.05, 3.63) is 83.2 Å². The molecule has 0 aliphatic rings. The second kappa shape index (κ2) is 8.50. The van der Waals surface area contributed by atoms with Gasteiger partial charge in [-0.1, -0.05) is 30.4 Å². The molecule has 0 saturated heterocycles. The van der Waals surface area contributed by atoms with E-state index < -0.39 is 5.91 Å². The van der Waals surface area contributed by atoms with E-state index in [9.17, 15) is 20.1 Å². The second-order valence-electron chi connectivity index (χ2n) is 5.81. The van der Waals surface area contributed by atoms with Crippen molar-refractivity contribution in [3.63, 3.8) is 0 Å². The first-order valence-electron chi connectivity index (χ1n) is 8.30. The third kappa shape index (κ3) is 4.73. The maximum atomic E-state index is 12.0. The van der Waals surface area contributed by atoms with Crippen molar-refractivity contribution in [3.8, 4) is 17.2 Å². The maximum absolute atomic E-state index is 12.0. The summed E-state index contributed by atoms with van der Waals surface area (Å²) in [5.41, 5.74) is 4.16. The number of rotatable bonds is 5. The van der Waals surface area contributed by atoms with Crippen molar-refractivity contribution in [2.24, 2.45) is 5.10 Å². The molecule has 4 N–H and O–H groups in total. The summed E-state index contributed by atoms with van der Waals surface area (Å²) >= 11 is 0. The fourth-order valence-electron chi connectivity index (χ4n) is 2.40. The van der Waals surface area contributed by atoms with Crippen LogP contribution in [0.4, 0.5) is 0 Å². The van der Waals surface area contributed by atoms with Crippen molar-refractivity contribution < 1.29 is 20.1 Å². The lowest BCUT2D eigenvalue weighted by Gasteiger charge is -2.06. The minimum absolute atomic E-state index is 0.113. The Morgan fingerprint density at radius 1 is 0.964 bits per heavy atom. The number of pyridine rings is 1. The molecule has 0 spiro atoms. The smallest absolute Gasteiger partial charge is 0.289 e. The molecule has 0 aliphatic carbocycles. The highest BCUT2D eigenvalue weighted by molar-refractivity contribution is 5.95. The number of benzene rings is 2. The van der Waals surface area contributed by atoms with Crippen LogP contribution in [-0.4, -0.2) is 32.4 Å². The van der Waals surface area contributed by atoms with Crippen molar-refractivity contribution in [1.82, 2.24) is 10.4 Å². The molecule has 0 bridgehead atoms. The van der Waals surface area contributed by atoms with Gasteiger partial charge in [-0.15, -0.1) is 0 Å². The van der Waals surface area contributed by atoms with Gasteiger partial charge in [-0.2, -0.15) is 5.10 Å². The number of hydrazone groups is 1. The fourth-order valence-corrected chi connectivity index (χ4v) is 2.40. The van der Waals surface area contributed by atoms with Gasteiger partial charge in [0.15, 0.2) is 0 Å². The van der Waals surface area contributed by atoms with Gasteiger partial charge in [-0.05, 0) is 41.5 Å². The number of aromatic hydroxyl groups is 3. The standard InChI is InChI=1S/C21H17N3O4/c25-16-8-5-14(6-9-16)4-7-15-11-17(26)12-20(27)18(15)13-23-24-21(28)19-3-1-2-10-22-19/h1-13,25-27H,(H,24,28)/b7-4+,23-13-. The summed E-state index contributed by atoms with van der Waals surface area (Å²) in [6.07, 6.45) is 6.20. The van der Waals surface area contributed by atoms with Crippen LogP contribution >= 0.6 is 0 Å². The monoisotopic (exact) mass is 375 g/mol. The zero-order valence-electron chi connectivity index (χ0n) is 14.6. The molecule has 7 heteroatoms. The Bertz CT molecular complexity index is 1030. The molecule has 1 amide bonds. The van der Waals surface area contributed by atoms with Gasteiger partial charge in [0.05, 0.1) is 6.21 Å². The van der Waals surface area contributed by atoms with Crippen LogP contribution in [0.5, 0.6) is 17.2 Å². The molecule has 3 rings (SSSR count). The van der Waals surface area contributed by atoms with Gasteiger partial charge in [-0.3, -0.25) is 9.78 Å². The second-order valence-corrected chi connectivity index (χ2v) is 5.81. The van der Waals surface area contributed by atoms with Crippen molar-refractivity contribution in [2.45, 2.75) is 0 Å². The number of carbonyl (C=O) groups is 1. The quantitative estimate of drug-likeness (QED) is 0.311. The van der Waals surface area contributed by atoms with Crippen LogP contribution in [-0.2, 0) is 0 Å². The zero-order valence-corrected chi connectivity index (χ0v) is 14.6. The number of hydrogen-bond donors (Lipinski definition) is 4. The number of hydrogen-bond acceptors (Lipinski definition) is 6. The predicted molar refractivity (Wildman–Crippen MR) is 106 cm³/mol. The number of amides is 1. The van der Waals surface area contributed by atoms with E-state index in [2.05, 4.69) is 15.5 Å². The Kier molecular flexibility index (Phi) is 5.66. The molecule has 1 heterocycles. The SMILES string of the molecule is O=C(N/N=C\c1c(O)cc(O)cc1/C=C/c1ccc(O)cc1)c1ccccn1. The first-order chi connectivity index (χ1) is 13.5. The van der Waals surface area contributed by atoms with Crippen molar-refractivity contribution in [1.29, 1.82) is 0 Å². The molecule has 7 nitrogen and oxygen atoms in total. The highest BCUT2D eigenvalue weighted by Crippen LogP contribution is 2.27. The summed E-state index contributed by atoms with van der Waals surface area (Å²) in [5, 5.41) is 33.1. The van der Waals surface area contributed by atoms with Crippen LogP contribution in [0.1, 0.15) is 27.2 Å². The molecule has 0 saturated carbocycles. The van der Waals surface area contributed by atoms with E-state index in [1.807, 2.05) is 0 Å². The van der Waals surface area contributed by atoms with Gasteiger partial charge in [0, 0.05) is 17.8 Å². The first-order valence-corrected chi connectivity index (χ1v) is 8.30. The summed E-state index contributed by atoms with van der Waals surface area (Å²) in [7, 11) is 0. The van der Waals surface area contributed by atoms with Crippen LogP contribution < -0.4 is 5.43 Å². The van der Waals surface area contributed by atoms with Crippen LogP contribution in [0.15, 0.2) is 65.9 Å². The van der Waals surface area contributed by atoms with E-state index >= 15 is 0 Å². The lowest BCUT2D eigenvalue weighted by atomic mass is 10.0. The van der Waals surface area contributed by atoms with E-state index in [1.165, 1.54) is 24.5 Å². The average Bonchev–Trinajstić information content (AvgIpc) is 2.69. The van der Waals surface area contributed by atoms with Gasteiger partial charge in [0.25, 0.3) is 5.91 Å². The van der Waals surface area contributed by atoms with Crippen LogP contribution in [0.3, 0.4) is 0 Å². The fraction of sp³-hybridized carbons (Fsp3) is 0. The maximum Gasteiger partial charge on any atom is 0.289 e. The molecule has 3 aromatic rings. The lowest BCUT2D eigenvalue weighted by molar-refractivity contribution is 0.0950. The molecule has 1 aromatic heterocycles. The Morgan fingerprint density at radius 3 is 2.46 bits per heavy atom. The zero-order chi connectivity index (χ0) is 19.9. The third-order valence-corrected chi connectivity index (χ3v) is 3.78. The largest absolute Gasteiger partial charge is 0.508 e. The number of nitrogens with one attached hydrogen (secondary N) is 1. The molecule has 140 valence electrons. The Morgan fingerprint density at radius 2 is 1.75 bits per heavy atom. The first kappa shape index (κ1) is 18.7. The molecule has 28 heavy (non-hydrogen) atoms. The Balaban J connectivity index is 1.82. The number of phenols is 3. The Labute approximate surface area is 160 Å². The van der Waals surface area contributed by atoms with Gasteiger partial charge in [0.2, 0.25) is 0 Å². The predicted octanol–water partition coefficient (Wildman–Crippen LogP) is 3.13. The minimum Gasteiger partial charge on any atom is -0.508 e. The van der Waals surface area contributed by atoms with Crippen LogP contribution in [0, 0.1) is 0 Å². The average molecular weight is 375 g/mol. The number of phenolic OH excluding ortho intramolecular Hbond substituents is 3. The lowest BCUT2D eigenvalue weighted by Crippen LogP contribution is -2.18. The molecule has 0 radical (unpaired) electrons. The molecular formula is C21H17N3O4. The van der Waals surface area contributed by atoms with Gasteiger partial charge >= 0.3 is 0 Å². The molecule has 0 fully saturated rings. The summed E-state index contributed by atoms with van der Waals surface area (Å²) in [6, 6.07) is 14.1. The molecular weight excluding hydrogens is 358 g/mol. The van der Waals surface area contributed by atoms with E-state index in [4.69, 9.17) is 0 Å². The molecule has 2 aromatic carbocycles. The summed E-state index contributed by atoms with van der Waals surface area (Å²) in [5.74, 6) is -0.640. The van der Waals surface area contributed by atoms with E-state index in [0.29, 0.717) is 11.1 Å². The summed E-state index contributed by atoms with van der Waals surface area (Å²) < 4.78 is 0. The van der Waals surface area contributed by atoms with Crippen molar-refractivity contribution in [2.75, 3.05) is 0 Å². The van der Waals surface area contributed by atoms with Gasteiger partial charge < -0.3 is 15.3 Å². The topological polar surface area (TPSA) is 115 Å². The minimum atomic E-state index is -0.490. The highest BCUT2D eigenvalue weighted by atomic mass is 16.3. The van der Waals surface area contributed by atoms with Crippen molar-refractivity contribution >= 4 is 24.3 Å². The van der Waals surface area contributed by atoms with E-state index in [0.717, 1.165) is 5.56 Å². The number of carbonyl (C=O) groups excluding carboxylic acids is 1. The van der Waals surface area contributed by atoms with E-state index in [-0.39, 0.29) is 22.9 Å².